The summed E-state index contributed by atoms with van der Waals surface area (Å²) in [5.74, 6) is 0.795. The average Bonchev–Trinajstić information content (AvgIpc) is 3.34. The first-order valence-corrected chi connectivity index (χ1v) is 10.4. The molecule has 0 saturated carbocycles. The SMILES string of the molecule is Cc1noc(C)c1-c1cnc2c(-c3ccccc3)cn(C(C)(C)c3ccccn3)c2c1. The number of hydrogen-bond donors (Lipinski definition) is 0. The van der Waals surface area contributed by atoms with Gasteiger partial charge in [-0.2, -0.15) is 0 Å². The summed E-state index contributed by atoms with van der Waals surface area (Å²) in [6, 6.07) is 18.6. The maximum absolute atomic E-state index is 5.41. The van der Waals surface area contributed by atoms with Gasteiger partial charge in [0.15, 0.2) is 0 Å². The van der Waals surface area contributed by atoms with Crippen molar-refractivity contribution in [2.75, 3.05) is 0 Å². The van der Waals surface area contributed by atoms with Crippen molar-refractivity contribution in [1.29, 1.82) is 0 Å². The lowest BCUT2D eigenvalue weighted by molar-refractivity contribution is 0.393. The van der Waals surface area contributed by atoms with Crippen molar-refractivity contribution in [2.24, 2.45) is 0 Å². The highest BCUT2D eigenvalue weighted by atomic mass is 16.5. The third-order valence-electron chi connectivity index (χ3n) is 5.94. The van der Waals surface area contributed by atoms with Gasteiger partial charge in [-0.3, -0.25) is 9.97 Å². The number of benzene rings is 1. The molecule has 0 atom stereocenters. The van der Waals surface area contributed by atoms with Crippen molar-refractivity contribution < 1.29 is 4.52 Å². The van der Waals surface area contributed by atoms with Gasteiger partial charge in [0.2, 0.25) is 0 Å². The fraction of sp³-hybridized carbons (Fsp3) is 0.192. The van der Waals surface area contributed by atoms with Crippen LogP contribution in [0.5, 0.6) is 0 Å². The second-order valence-corrected chi connectivity index (χ2v) is 8.34. The fourth-order valence-electron chi connectivity index (χ4n) is 4.28. The van der Waals surface area contributed by atoms with Gasteiger partial charge in [-0.25, -0.2) is 0 Å². The van der Waals surface area contributed by atoms with Gasteiger partial charge in [0, 0.05) is 35.3 Å². The molecule has 0 aliphatic rings. The lowest BCUT2D eigenvalue weighted by Gasteiger charge is -2.27. The Bertz CT molecular complexity index is 1350. The molecule has 154 valence electrons. The molecule has 4 aromatic heterocycles. The van der Waals surface area contributed by atoms with Gasteiger partial charge < -0.3 is 9.09 Å². The van der Waals surface area contributed by atoms with Crippen LogP contribution in [-0.2, 0) is 5.54 Å². The van der Waals surface area contributed by atoms with Crippen LogP contribution < -0.4 is 0 Å². The van der Waals surface area contributed by atoms with Gasteiger partial charge in [0.05, 0.1) is 28.0 Å². The molecule has 0 aliphatic carbocycles. The third kappa shape index (κ3) is 3.13. The molecule has 0 fully saturated rings. The predicted molar refractivity (Wildman–Crippen MR) is 123 cm³/mol. The van der Waals surface area contributed by atoms with Crippen molar-refractivity contribution >= 4 is 11.0 Å². The maximum atomic E-state index is 5.41. The highest BCUT2D eigenvalue weighted by Crippen LogP contribution is 2.37. The minimum absolute atomic E-state index is 0.369. The normalized spacial score (nSPS) is 11.9. The number of aromatic nitrogens is 4. The quantitative estimate of drug-likeness (QED) is 0.358. The minimum Gasteiger partial charge on any atom is -0.361 e. The molecule has 4 heterocycles. The topological polar surface area (TPSA) is 56.7 Å². The standard InChI is InChI=1S/C26H24N4O/c1-17-24(18(2)31-29-17)20-14-22-25(28-15-20)21(19-10-6-5-7-11-19)16-30(22)26(3,4)23-12-8-9-13-27-23/h5-16H,1-4H3. The van der Waals surface area contributed by atoms with Gasteiger partial charge in [0.1, 0.15) is 5.76 Å². The lowest BCUT2D eigenvalue weighted by Crippen LogP contribution is -2.28. The van der Waals surface area contributed by atoms with E-state index in [9.17, 15) is 0 Å². The molecule has 0 unspecified atom stereocenters. The fourth-order valence-corrected chi connectivity index (χ4v) is 4.28. The van der Waals surface area contributed by atoms with Crippen LogP contribution in [0.2, 0.25) is 0 Å². The Morgan fingerprint density at radius 2 is 1.68 bits per heavy atom. The summed E-state index contributed by atoms with van der Waals surface area (Å²) in [5, 5.41) is 4.12. The molecule has 0 bridgehead atoms. The minimum atomic E-state index is -0.369. The van der Waals surface area contributed by atoms with Crippen LogP contribution in [0.3, 0.4) is 0 Å². The highest BCUT2D eigenvalue weighted by molar-refractivity contribution is 5.95. The van der Waals surface area contributed by atoms with Crippen LogP contribution in [0.4, 0.5) is 0 Å². The van der Waals surface area contributed by atoms with Crippen LogP contribution in [0.1, 0.15) is 31.0 Å². The Hall–Kier alpha value is -3.73. The van der Waals surface area contributed by atoms with Crippen LogP contribution in [0, 0.1) is 13.8 Å². The van der Waals surface area contributed by atoms with Gasteiger partial charge in [-0.15, -0.1) is 0 Å². The predicted octanol–water partition coefficient (Wildman–Crippen LogP) is 6.15. The summed E-state index contributed by atoms with van der Waals surface area (Å²) in [4.78, 5) is 9.56. The molecule has 0 spiro atoms. The van der Waals surface area contributed by atoms with Gasteiger partial charge in [-0.1, -0.05) is 41.6 Å². The van der Waals surface area contributed by atoms with Crippen molar-refractivity contribution in [3.8, 4) is 22.3 Å². The number of nitrogens with zero attached hydrogens (tertiary/aromatic N) is 4. The first-order chi connectivity index (χ1) is 15.0. The second kappa shape index (κ2) is 7.20. The first kappa shape index (κ1) is 19.2. The van der Waals surface area contributed by atoms with Gasteiger partial charge in [-0.05, 0) is 51.5 Å². The Morgan fingerprint density at radius 3 is 2.35 bits per heavy atom. The van der Waals surface area contributed by atoms with E-state index in [1.807, 2.05) is 44.4 Å². The summed E-state index contributed by atoms with van der Waals surface area (Å²) in [6.07, 6.45) is 5.95. The van der Waals surface area contributed by atoms with Gasteiger partial charge >= 0.3 is 0 Å². The first-order valence-electron chi connectivity index (χ1n) is 10.4. The highest BCUT2D eigenvalue weighted by Gasteiger charge is 2.28. The third-order valence-corrected chi connectivity index (χ3v) is 5.94. The smallest absolute Gasteiger partial charge is 0.141 e. The molecule has 0 aliphatic heterocycles. The Labute approximate surface area is 181 Å². The Kier molecular flexibility index (Phi) is 4.47. The van der Waals surface area contributed by atoms with Crippen molar-refractivity contribution in [3.63, 3.8) is 0 Å². The molecular formula is C26H24N4O. The van der Waals surface area contributed by atoms with E-state index in [1.54, 1.807) is 0 Å². The Balaban J connectivity index is 1.80. The summed E-state index contributed by atoms with van der Waals surface area (Å²) in [5.41, 5.74) is 7.74. The van der Waals surface area contributed by atoms with Crippen LogP contribution in [0.15, 0.2) is 77.7 Å². The van der Waals surface area contributed by atoms with E-state index < -0.39 is 0 Å². The molecular weight excluding hydrogens is 384 g/mol. The van der Waals surface area contributed by atoms with Gasteiger partial charge in [0.25, 0.3) is 0 Å². The molecule has 5 rings (SSSR count). The van der Waals surface area contributed by atoms with Crippen LogP contribution in [0.25, 0.3) is 33.3 Å². The van der Waals surface area contributed by atoms with E-state index in [0.717, 1.165) is 50.4 Å². The Morgan fingerprint density at radius 1 is 0.903 bits per heavy atom. The molecule has 31 heavy (non-hydrogen) atoms. The number of rotatable bonds is 4. The zero-order chi connectivity index (χ0) is 21.6. The molecule has 1 aromatic carbocycles. The maximum Gasteiger partial charge on any atom is 0.141 e. The molecule has 5 aromatic rings. The summed E-state index contributed by atoms with van der Waals surface area (Å²) < 4.78 is 7.69. The number of hydrogen-bond acceptors (Lipinski definition) is 4. The van der Waals surface area contributed by atoms with Crippen molar-refractivity contribution in [1.82, 2.24) is 19.7 Å². The average molecular weight is 409 g/mol. The van der Waals surface area contributed by atoms with Crippen molar-refractivity contribution in [3.05, 3.63) is 90.3 Å². The molecule has 0 amide bonds. The summed E-state index contributed by atoms with van der Waals surface area (Å²) >= 11 is 0. The number of fused-ring (bicyclic) bond motifs is 1. The lowest BCUT2D eigenvalue weighted by atomic mass is 9.99. The number of pyridine rings is 2. The molecule has 5 nitrogen and oxygen atoms in total. The monoisotopic (exact) mass is 408 g/mol. The van der Waals surface area contributed by atoms with E-state index in [-0.39, 0.29) is 5.54 Å². The molecule has 0 saturated heterocycles. The molecule has 0 radical (unpaired) electrons. The van der Waals surface area contributed by atoms with Crippen molar-refractivity contribution in [2.45, 2.75) is 33.2 Å². The summed E-state index contributed by atoms with van der Waals surface area (Å²) in [7, 11) is 0. The second-order valence-electron chi connectivity index (χ2n) is 8.34. The molecule has 0 N–H and O–H groups in total. The van der Waals surface area contributed by atoms with E-state index >= 15 is 0 Å². The van der Waals surface area contributed by atoms with E-state index in [1.165, 1.54) is 0 Å². The summed E-state index contributed by atoms with van der Waals surface area (Å²) in [6.45, 7) is 8.27. The van der Waals surface area contributed by atoms with Crippen LogP contribution >= 0.6 is 0 Å². The zero-order valence-corrected chi connectivity index (χ0v) is 18.1. The van der Waals surface area contributed by atoms with E-state index in [4.69, 9.17) is 9.51 Å². The molecule has 5 heteroatoms. The van der Waals surface area contributed by atoms with Crippen LogP contribution in [-0.4, -0.2) is 19.7 Å². The number of aryl methyl sites for hydroxylation is 2. The van der Waals surface area contributed by atoms with E-state index in [0.29, 0.717) is 0 Å². The zero-order valence-electron chi connectivity index (χ0n) is 18.1. The largest absolute Gasteiger partial charge is 0.361 e. The van der Waals surface area contributed by atoms with E-state index in [2.05, 4.69) is 71.2 Å².